The third-order valence-electron chi connectivity index (χ3n) is 2.89. The van der Waals surface area contributed by atoms with Gasteiger partial charge in [-0.05, 0) is 52.2 Å². The summed E-state index contributed by atoms with van der Waals surface area (Å²) in [6, 6.07) is 4.52. The van der Waals surface area contributed by atoms with Crippen molar-refractivity contribution in [3.63, 3.8) is 0 Å². The van der Waals surface area contributed by atoms with Crippen molar-refractivity contribution in [1.29, 1.82) is 0 Å². The van der Waals surface area contributed by atoms with E-state index < -0.39 is 0 Å². The van der Waals surface area contributed by atoms with E-state index in [0.29, 0.717) is 18.1 Å². The maximum Gasteiger partial charge on any atom is 0.257 e. The van der Waals surface area contributed by atoms with Gasteiger partial charge in [-0.15, -0.1) is 0 Å². The molecule has 1 rings (SSSR count). The fourth-order valence-electron chi connectivity index (χ4n) is 1.83. The number of hydrogen-bond donors (Lipinski definition) is 1. The molecule has 0 fully saturated rings. The molecule has 1 aromatic rings. The monoisotopic (exact) mass is 284 g/mol. The first-order chi connectivity index (χ1) is 8.95. The van der Waals surface area contributed by atoms with Crippen molar-refractivity contribution in [2.75, 3.05) is 33.7 Å². The van der Waals surface area contributed by atoms with Crippen LogP contribution in [0, 0.1) is 0 Å². The first-order valence-corrected chi connectivity index (χ1v) is 6.76. The van der Waals surface area contributed by atoms with Gasteiger partial charge >= 0.3 is 0 Å². The SMILES string of the molecule is CCN(CCCN(C)C)C(=O)c1cc(Cl)ccc1O. The van der Waals surface area contributed by atoms with Crippen molar-refractivity contribution in [3.8, 4) is 5.75 Å². The van der Waals surface area contributed by atoms with Crippen LogP contribution in [0.5, 0.6) is 5.75 Å². The van der Waals surface area contributed by atoms with E-state index in [1.54, 1.807) is 11.0 Å². The molecule has 0 atom stereocenters. The van der Waals surface area contributed by atoms with Gasteiger partial charge < -0.3 is 14.9 Å². The van der Waals surface area contributed by atoms with Crippen molar-refractivity contribution in [1.82, 2.24) is 9.80 Å². The molecule has 1 aromatic carbocycles. The standard InChI is InChI=1S/C14H21ClN2O2/c1-4-17(9-5-8-16(2)3)14(19)12-10-11(15)6-7-13(12)18/h6-7,10,18H,4-5,8-9H2,1-3H3. The first kappa shape index (κ1) is 15.8. The second-order valence-corrected chi connectivity index (χ2v) is 5.14. The van der Waals surface area contributed by atoms with Crippen LogP contribution in [0.3, 0.4) is 0 Å². The molecular formula is C14H21ClN2O2. The van der Waals surface area contributed by atoms with E-state index >= 15 is 0 Å². The fourth-order valence-corrected chi connectivity index (χ4v) is 2.00. The van der Waals surface area contributed by atoms with Gasteiger partial charge in [0.05, 0.1) is 5.56 Å². The normalized spacial score (nSPS) is 10.8. The average Bonchev–Trinajstić information content (AvgIpc) is 2.36. The van der Waals surface area contributed by atoms with Crippen molar-refractivity contribution < 1.29 is 9.90 Å². The fraction of sp³-hybridized carbons (Fsp3) is 0.500. The van der Waals surface area contributed by atoms with Crippen LogP contribution in [0.25, 0.3) is 0 Å². The van der Waals surface area contributed by atoms with Gasteiger partial charge in [0.1, 0.15) is 5.75 Å². The molecule has 0 bridgehead atoms. The van der Waals surface area contributed by atoms with E-state index in [1.807, 2.05) is 21.0 Å². The van der Waals surface area contributed by atoms with Gasteiger partial charge in [-0.1, -0.05) is 11.6 Å². The molecule has 0 unspecified atom stereocenters. The number of amides is 1. The zero-order valence-corrected chi connectivity index (χ0v) is 12.4. The van der Waals surface area contributed by atoms with Crippen LogP contribution in [-0.4, -0.2) is 54.5 Å². The number of carbonyl (C=O) groups excluding carboxylic acids is 1. The lowest BCUT2D eigenvalue weighted by atomic mass is 10.1. The second-order valence-electron chi connectivity index (χ2n) is 4.70. The van der Waals surface area contributed by atoms with Gasteiger partial charge in [0.15, 0.2) is 0 Å². The molecule has 5 heteroatoms. The lowest BCUT2D eigenvalue weighted by molar-refractivity contribution is 0.0756. The maximum absolute atomic E-state index is 12.3. The second kappa shape index (κ2) is 7.36. The Hall–Kier alpha value is -1.26. The summed E-state index contributed by atoms with van der Waals surface area (Å²) in [5.41, 5.74) is 0.263. The Bertz CT molecular complexity index is 435. The number of aromatic hydroxyl groups is 1. The van der Waals surface area contributed by atoms with E-state index in [2.05, 4.69) is 4.90 Å². The number of phenolic OH excluding ortho intramolecular Hbond substituents is 1. The van der Waals surface area contributed by atoms with E-state index in [4.69, 9.17) is 11.6 Å². The molecular weight excluding hydrogens is 264 g/mol. The Morgan fingerprint density at radius 3 is 2.58 bits per heavy atom. The molecule has 0 aliphatic heterocycles. The Labute approximate surface area is 119 Å². The third kappa shape index (κ3) is 4.73. The summed E-state index contributed by atoms with van der Waals surface area (Å²) >= 11 is 5.87. The van der Waals surface area contributed by atoms with E-state index in [-0.39, 0.29) is 17.2 Å². The van der Waals surface area contributed by atoms with Gasteiger partial charge in [-0.3, -0.25) is 4.79 Å². The number of nitrogens with zero attached hydrogens (tertiary/aromatic N) is 2. The molecule has 1 N–H and O–H groups in total. The summed E-state index contributed by atoms with van der Waals surface area (Å²) in [7, 11) is 4.00. The average molecular weight is 285 g/mol. The molecule has 0 saturated heterocycles. The number of halogens is 1. The van der Waals surface area contributed by atoms with Gasteiger partial charge in [-0.25, -0.2) is 0 Å². The minimum absolute atomic E-state index is 0.0274. The third-order valence-corrected chi connectivity index (χ3v) is 3.13. The lowest BCUT2D eigenvalue weighted by Crippen LogP contribution is -2.33. The van der Waals surface area contributed by atoms with E-state index in [9.17, 15) is 9.90 Å². The molecule has 19 heavy (non-hydrogen) atoms. The number of carbonyl (C=O) groups is 1. The summed E-state index contributed by atoms with van der Waals surface area (Å²) < 4.78 is 0. The highest BCUT2D eigenvalue weighted by Crippen LogP contribution is 2.23. The number of benzene rings is 1. The lowest BCUT2D eigenvalue weighted by Gasteiger charge is -2.22. The molecule has 0 radical (unpaired) electrons. The van der Waals surface area contributed by atoms with Crippen molar-refractivity contribution in [3.05, 3.63) is 28.8 Å². The predicted octanol–water partition coefficient (Wildman–Crippen LogP) is 2.46. The number of phenols is 1. The zero-order valence-electron chi connectivity index (χ0n) is 11.7. The quantitative estimate of drug-likeness (QED) is 0.873. The largest absolute Gasteiger partial charge is 0.507 e. The van der Waals surface area contributed by atoms with Crippen LogP contribution < -0.4 is 0 Å². The van der Waals surface area contributed by atoms with Gasteiger partial charge in [0.25, 0.3) is 5.91 Å². The Balaban J connectivity index is 2.75. The molecule has 1 amide bonds. The molecule has 106 valence electrons. The van der Waals surface area contributed by atoms with Crippen molar-refractivity contribution in [2.45, 2.75) is 13.3 Å². The zero-order chi connectivity index (χ0) is 14.4. The summed E-state index contributed by atoms with van der Waals surface area (Å²) in [6.07, 6.45) is 0.897. The van der Waals surface area contributed by atoms with Crippen LogP contribution in [0.15, 0.2) is 18.2 Å². The Kier molecular flexibility index (Phi) is 6.12. The summed E-state index contributed by atoms with van der Waals surface area (Å²) in [5.74, 6) is -0.207. The van der Waals surface area contributed by atoms with Crippen LogP contribution in [0.4, 0.5) is 0 Å². The molecule has 4 nitrogen and oxygen atoms in total. The minimum Gasteiger partial charge on any atom is -0.507 e. The molecule has 0 aliphatic rings. The van der Waals surface area contributed by atoms with Gasteiger partial charge in [-0.2, -0.15) is 0 Å². The summed E-state index contributed by atoms with van der Waals surface area (Å²) in [5, 5.41) is 10.2. The van der Waals surface area contributed by atoms with Crippen molar-refractivity contribution >= 4 is 17.5 Å². The highest BCUT2D eigenvalue weighted by molar-refractivity contribution is 6.31. The maximum atomic E-state index is 12.3. The van der Waals surface area contributed by atoms with Crippen molar-refractivity contribution in [2.24, 2.45) is 0 Å². The van der Waals surface area contributed by atoms with Crippen LogP contribution in [0.2, 0.25) is 5.02 Å². The molecule has 0 heterocycles. The topological polar surface area (TPSA) is 43.8 Å². The number of rotatable bonds is 6. The summed E-state index contributed by atoms with van der Waals surface area (Å²) in [6.45, 7) is 4.12. The Morgan fingerprint density at radius 1 is 1.32 bits per heavy atom. The van der Waals surface area contributed by atoms with E-state index in [1.165, 1.54) is 12.1 Å². The van der Waals surface area contributed by atoms with Crippen LogP contribution in [-0.2, 0) is 0 Å². The first-order valence-electron chi connectivity index (χ1n) is 6.38. The predicted molar refractivity (Wildman–Crippen MR) is 77.9 cm³/mol. The molecule has 0 spiro atoms. The molecule has 0 saturated carbocycles. The minimum atomic E-state index is -0.179. The molecule has 0 aromatic heterocycles. The highest BCUT2D eigenvalue weighted by atomic mass is 35.5. The van der Waals surface area contributed by atoms with E-state index in [0.717, 1.165) is 13.0 Å². The van der Waals surface area contributed by atoms with Gasteiger partial charge in [0.2, 0.25) is 0 Å². The highest BCUT2D eigenvalue weighted by Gasteiger charge is 2.17. The Morgan fingerprint density at radius 2 is 2.00 bits per heavy atom. The smallest absolute Gasteiger partial charge is 0.257 e. The van der Waals surface area contributed by atoms with Crippen LogP contribution >= 0.6 is 11.6 Å². The molecule has 0 aliphatic carbocycles. The van der Waals surface area contributed by atoms with Gasteiger partial charge in [0, 0.05) is 18.1 Å². The van der Waals surface area contributed by atoms with Crippen LogP contribution in [0.1, 0.15) is 23.7 Å². The summed E-state index contributed by atoms with van der Waals surface area (Å²) in [4.78, 5) is 16.1. The number of hydrogen-bond acceptors (Lipinski definition) is 3.